The average molecular weight is 455 g/mol. The Hall–Kier alpha value is -3.26. The number of carboxylic acids is 1. The van der Waals surface area contributed by atoms with Crippen molar-refractivity contribution in [2.45, 2.75) is 26.7 Å². The van der Waals surface area contributed by atoms with Gasteiger partial charge in [-0.2, -0.15) is 0 Å². The molecule has 2 aromatic carbocycles. The Bertz CT molecular complexity index is 1060. The number of likely N-dealkylation sites (N-methyl/N-ethyl adjacent to an activating group) is 1. The van der Waals surface area contributed by atoms with E-state index in [9.17, 15) is 14.7 Å². The van der Waals surface area contributed by atoms with Crippen LogP contribution in [0.1, 0.15) is 42.6 Å². The van der Waals surface area contributed by atoms with Gasteiger partial charge in [-0.3, -0.25) is 9.69 Å². The van der Waals surface area contributed by atoms with Gasteiger partial charge in [0.05, 0.1) is 29.9 Å². The number of carbonyl (C=O) groups is 2. The number of amides is 1. The molecule has 8 heteroatoms. The number of amidine groups is 1. The maximum Gasteiger partial charge on any atom is 0.335 e. The molecule has 7 nitrogen and oxygen atoms in total. The van der Waals surface area contributed by atoms with Crippen LogP contribution in [-0.4, -0.2) is 47.3 Å². The van der Waals surface area contributed by atoms with E-state index < -0.39 is 5.97 Å². The zero-order valence-electron chi connectivity index (χ0n) is 18.3. The minimum atomic E-state index is -1.02. The standard InChI is InChI=1S/C24H26N2O5S/c1-4-6-12-31-19-11-10-16(13-20(19)30-3)14-21-22(27)26(5-2)24(32-21)25-18-9-7-8-17(15-18)23(28)29/h7-11,13-15H,4-6,12H2,1-3H3,(H,28,29)/b21-14-,25-24?. The van der Waals surface area contributed by atoms with E-state index in [0.717, 1.165) is 18.4 Å². The maximum absolute atomic E-state index is 12.9. The summed E-state index contributed by atoms with van der Waals surface area (Å²) in [5.41, 5.74) is 1.44. The molecule has 32 heavy (non-hydrogen) atoms. The molecular formula is C24H26N2O5S. The number of carbonyl (C=O) groups excluding carboxylic acids is 1. The normalized spacial score (nSPS) is 16.1. The van der Waals surface area contributed by atoms with Crippen LogP contribution in [0.25, 0.3) is 6.08 Å². The molecule has 1 saturated heterocycles. The molecule has 0 bridgehead atoms. The number of benzene rings is 2. The van der Waals surface area contributed by atoms with E-state index in [0.29, 0.717) is 40.4 Å². The number of methoxy groups -OCH3 is 1. The number of carboxylic acid groups (broad SMARTS) is 1. The van der Waals surface area contributed by atoms with Gasteiger partial charge < -0.3 is 14.6 Å². The van der Waals surface area contributed by atoms with E-state index in [1.807, 2.05) is 25.1 Å². The topological polar surface area (TPSA) is 88.4 Å². The third-order valence-corrected chi connectivity index (χ3v) is 5.77. The fraction of sp³-hybridized carbons (Fsp3) is 0.292. The summed E-state index contributed by atoms with van der Waals surface area (Å²) < 4.78 is 11.2. The first-order valence-electron chi connectivity index (χ1n) is 10.4. The van der Waals surface area contributed by atoms with Gasteiger partial charge >= 0.3 is 5.97 Å². The summed E-state index contributed by atoms with van der Waals surface area (Å²) in [5.74, 6) is 0.112. The molecule has 0 radical (unpaired) electrons. The summed E-state index contributed by atoms with van der Waals surface area (Å²) in [5, 5.41) is 9.70. The van der Waals surface area contributed by atoms with Gasteiger partial charge in [-0.05, 0) is 67.1 Å². The van der Waals surface area contributed by atoms with Gasteiger partial charge in [0.1, 0.15) is 0 Å². The van der Waals surface area contributed by atoms with Gasteiger partial charge in [0, 0.05) is 6.54 Å². The average Bonchev–Trinajstić information content (AvgIpc) is 3.08. The molecule has 1 aliphatic heterocycles. The highest BCUT2D eigenvalue weighted by molar-refractivity contribution is 8.18. The summed E-state index contributed by atoms with van der Waals surface area (Å²) in [7, 11) is 1.59. The highest BCUT2D eigenvalue weighted by Gasteiger charge is 2.32. The molecule has 0 unspecified atom stereocenters. The molecule has 1 N–H and O–H groups in total. The van der Waals surface area contributed by atoms with Gasteiger partial charge in [0.2, 0.25) is 0 Å². The summed E-state index contributed by atoms with van der Waals surface area (Å²) >= 11 is 1.26. The molecule has 0 saturated carbocycles. The molecule has 1 fully saturated rings. The first-order chi connectivity index (χ1) is 15.5. The molecule has 3 rings (SSSR count). The molecular weight excluding hydrogens is 428 g/mol. The molecule has 0 aromatic heterocycles. The minimum absolute atomic E-state index is 0.145. The van der Waals surface area contributed by atoms with Crippen LogP contribution in [0.15, 0.2) is 52.4 Å². The van der Waals surface area contributed by atoms with Crippen LogP contribution >= 0.6 is 11.8 Å². The quantitative estimate of drug-likeness (QED) is 0.414. The Morgan fingerprint density at radius 2 is 2.00 bits per heavy atom. The third kappa shape index (κ3) is 5.50. The van der Waals surface area contributed by atoms with Crippen LogP contribution in [-0.2, 0) is 4.79 Å². The van der Waals surface area contributed by atoms with Gasteiger partial charge in [-0.15, -0.1) is 0 Å². The Morgan fingerprint density at radius 3 is 2.69 bits per heavy atom. The lowest BCUT2D eigenvalue weighted by atomic mass is 10.2. The highest BCUT2D eigenvalue weighted by Crippen LogP contribution is 2.36. The molecule has 1 aliphatic rings. The predicted octanol–water partition coefficient (Wildman–Crippen LogP) is 5.20. The summed E-state index contributed by atoms with van der Waals surface area (Å²) in [6, 6.07) is 11.9. The second-order valence-corrected chi connectivity index (χ2v) is 8.03. The number of nitrogens with zero attached hydrogens (tertiary/aromatic N) is 2. The molecule has 0 spiro atoms. The van der Waals surface area contributed by atoms with Crippen LogP contribution in [0.4, 0.5) is 5.69 Å². The second kappa shape index (κ2) is 10.9. The monoisotopic (exact) mass is 454 g/mol. The second-order valence-electron chi connectivity index (χ2n) is 7.02. The fourth-order valence-electron chi connectivity index (χ4n) is 3.06. The lowest BCUT2D eigenvalue weighted by molar-refractivity contribution is -0.122. The van der Waals surface area contributed by atoms with E-state index in [4.69, 9.17) is 9.47 Å². The van der Waals surface area contributed by atoms with Crippen molar-refractivity contribution in [2.24, 2.45) is 4.99 Å². The van der Waals surface area contributed by atoms with E-state index in [-0.39, 0.29) is 11.5 Å². The molecule has 1 heterocycles. The summed E-state index contributed by atoms with van der Waals surface area (Å²) in [6.45, 7) is 5.05. The lowest BCUT2D eigenvalue weighted by Gasteiger charge is -2.12. The first kappa shape index (κ1) is 23.4. The molecule has 2 aromatic rings. The molecule has 0 aliphatic carbocycles. The number of ether oxygens (including phenoxy) is 2. The number of rotatable bonds is 9. The number of hydrogen-bond donors (Lipinski definition) is 1. The van der Waals surface area contributed by atoms with Crippen molar-refractivity contribution in [3.63, 3.8) is 0 Å². The number of aromatic carboxylic acids is 1. The first-order valence-corrected chi connectivity index (χ1v) is 11.2. The minimum Gasteiger partial charge on any atom is -0.493 e. The van der Waals surface area contributed by atoms with Crippen molar-refractivity contribution < 1.29 is 24.2 Å². The van der Waals surface area contributed by atoms with E-state index in [1.54, 1.807) is 30.2 Å². The van der Waals surface area contributed by atoms with E-state index >= 15 is 0 Å². The van der Waals surface area contributed by atoms with Crippen molar-refractivity contribution >= 4 is 40.6 Å². The van der Waals surface area contributed by atoms with E-state index in [1.165, 1.54) is 23.9 Å². The zero-order valence-corrected chi connectivity index (χ0v) is 19.1. The van der Waals surface area contributed by atoms with Crippen LogP contribution in [0, 0.1) is 0 Å². The zero-order chi connectivity index (χ0) is 23.1. The Kier molecular flexibility index (Phi) is 7.94. The number of aliphatic imine (C=N–C) groups is 1. The van der Waals surface area contributed by atoms with Crippen LogP contribution in [0.2, 0.25) is 0 Å². The van der Waals surface area contributed by atoms with Crippen molar-refractivity contribution in [3.8, 4) is 11.5 Å². The number of hydrogen-bond acceptors (Lipinski definition) is 6. The van der Waals surface area contributed by atoms with E-state index in [2.05, 4.69) is 11.9 Å². The van der Waals surface area contributed by atoms with Crippen LogP contribution in [0.5, 0.6) is 11.5 Å². The van der Waals surface area contributed by atoms with Crippen molar-refractivity contribution in [3.05, 3.63) is 58.5 Å². The molecule has 168 valence electrons. The summed E-state index contributed by atoms with van der Waals surface area (Å²) in [6.07, 6.45) is 3.80. The van der Waals surface area contributed by atoms with Gasteiger partial charge in [-0.1, -0.05) is 25.5 Å². The smallest absolute Gasteiger partial charge is 0.335 e. The largest absolute Gasteiger partial charge is 0.493 e. The lowest BCUT2D eigenvalue weighted by Crippen LogP contribution is -2.28. The van der Waals surface area contributed by atoms with Crippen molar-refractivity contribution in [2.75, 3.05) is 20.3 Å². The highest BCUT2D eigenvalue weighted by atomic mass is 32.2. The van der Waals surface area contributed by atoms with Crippen LogP contribution < -0.4 is 9.47 Å². The fourth-order valence-corrected chi connectivity index (χ4v) is 4.12. The van der Waals surface area contributed by atoms with Crippen molar-refractivity contribution in [1.29, 1.82) is 0 Å². The number of unbranched alkanes of at least 4 members (excludes halogenated alkanes) is 1. The molecule has 1 amide bonds. The van der Waals surface area contributed by atoms with Crippen LogP contribution in [0.3, 0.4) is 0 Å². The Labute approximate surface area is 191 Å². The van der Waals surface area contributed by atoms with Gasteiger partial charge in [0.15, 0.2) is 16.7 Å². The Balaban J connectivity index is 1.86. The molecule has 0 atom stereocenters. The third-order valence-electron chi connectivity index (χ3n) is 4.76. The maximum atomic E-state index is 12.9. The van der Waals surface area contributed by atoms with Crippen molar-refractivity contribution in [1.82, 2.24) is 4.90 Å². The Morgan fingerprint density at radius 1 is 1.19 bits per heavy atom. The summed E-state index contributed by atoms with van der Waals surface area (Å²) in [4.78, 5) is 30.8. The predicted molar refractivity (Wildman–Crippen MR) is 127 cm³/mol. The SMILES string of the molecule is CCCCOc1ccc(/C=C2\SC(=Nc3cccc(C(=O)O)c3)N(CC)C2=O)cc1OC. The van der Waals surface area contributed by atoms with Gasteiger partial charge in [-0.25, -0.2) is 9.79 Å². The number of thioether (sulfide) groups is 1. The van der Waals surface area contributed by atoms with Gasteiger partial charge in [0.25, 0.3) is 5.91 Å².